The van der Waals surface area contributed by atoms with E-state index < -0.39 is 0 Å². The van der Waals surface area contributed by atoms with Gasteiger partial charge in [-0.1, -0.05) is 11.6 Å². The van der Waals surface area contributed by atoms with Gasteiger partial charge in [0.1, 0.15) is 0 Å². The van der Waals surface area contributed by atoms with Gasteiger partial charge in [0.2, 0.25) is 0 Å². The molecule has 0 aliphatic heterocycles. The van der Waals surface area contributed by atoms with Crippen molar-refractivity contribution in [2.75, 3.05) is 7.11 Å². The first kappa shape index (κ1) is 9.98. The fraction of sp³-hybridized carbons (Fsp3) is 0.200. The zero-order valence-electron chi connectivity index (χ0n) is 8.08. The Morgan fingerprint density at radius 3 is 3.13 bits per heavy atom. The van der Waals surface area contributed by atoms with Crippen molar-refractivity contribution in [3.8, 4) is 0 Å². The number of hydrogen-bond acceptors (Lipinski definition) is 3. The summed E-state index contributed by atoms with van der Waals surface area (Å²) in [4.78, 5) is 11.1. The lowest BCUT2D eigenvalue weighted by Crippen LogP contribution is -2.04. The Hall–Kier alpha value is -1.55. The average Bonchev–Trinajstić information content (AvgIpc) is 2.61. The van der Waals surface area contributed by atoms with Crippen molar-refractivity contribution >= 4 is 28.5 Å². The van der Waals surface area contributed by atoms with Crippen LogP contribution in [0.5, 0.6) is 0 Å². The summed E-state index contributed by atoms with van der Waals surface area (Å²) in [7, 11) is 1.35. The van der Waals surface area contributed by atoms with E-state index in [1.54, 1.807) is 12.1 Å². The van der Waals surface area contributed by atoms with Crippen molar-refractivity contribution < 1.29 is 9.53 Å². The van der Waals surface area contributed by atoms with Crippen LogP contribution >= 0.6 is 11.6 Å². The quantitative estimate of drug-likeness (QED) is 0.793. The number of benzene rings is 1. The van der Waals surface area contributed by atoms with Gasteiger partial charge in [0.05, 0.1) is 24.7 Å². The van der Waals surface area contributed by atoms with Gasteiger partial charge in [0.25, 0.3) is 0 Å². The van der Waals surface area contributed by atoms with Gasteiger partial charge in [0, 0.05) is 10.4 Å². The van der Waals surface area contributed by atoms with E-state index in [1.807, 2.05) is 6.07 Å². The van der Waals surface area contributed by atoms with E-state index in [0.29, 0.717) is 10.7 Å². The molecule has 0 unspecified atom stereocenters. The van der Waals surface area contributed by atoms with Gasteiger partial charge in [-0.2, -0.15) is 5.10 Å². The Labute approximate surface area is 91.2 Å². The Morgan fingerprint density at radius 1 is 1.60 bits per heavy atom. The third-order valence-electron chi connectivity index (χ3n) is 2.14. The SMILES string of the molecule is COC(=O)Cc1n[nH]c2ccc(Cl)cc12. The number of esters is 1. The second kappa shape index (κ2) is 3.90. The van der Waals surface area contributed by atoms with E-state index in [-0.39, 0.29) is 12.4 Å². The molecule has 2 rings (SSSR count). The van der Waals surface area contributed by atoms with Crippen LogP contribution in [0.3, 0.4) is 0 Å². The van der Waals surface area contributed by atoms with Gasteiger partial charge < -0.3 is 4.74 Å². The number of H-pyrrole nitrogens is 1. The summed E-state index contributed by atoms with van der Waals surface area (Å²) in [6.07, 6.45) is 0.150. The maximum Gasteiger partial charge on any atom is 0.311 e. The Kier molecular flexibility index (Phi) is 2.60. The number of nitrogens with zero attached hydrogens (tertiary/aromatic N) is 1. The molecular formula is C10H9ClN2O2. The predicted octanol–water partition coefficient (Wildman–Crippen LogP) is 1.93. The molecule has 78 valence electrons. The predicted molar refractivity (Wildman–Crippen MR) is 56.8 cm³/mol. The standard InChI is InChI=1S/C10H9ClN2O2/c1-15-10(14)5-9-7-4-6(11)2-3-8(7)12-13-9/h2-4H,5H2,1H3,(H,12,13). The first-order valence-corrected chi connectivity index (χ1v) is 4.78. The Balaban J connectivity index is 2.43. The normalized spacial score (nSPS) is 10.5. The number of carbonyl (C=O) groups is 1. The number of methoxy groups -OCH3 is 1. The Bertz CT molecular complexity index is 507. The van der Waals surface area contributed by atoms with Crippen LogP contribution in [0.1, 0.15) is 5.69 Å². The molecule has 0 saturated heterocycles. The van der Waals surface area contributed by atoms with Gasteiger partial charge >= 0.3 is 5.97 Å². The molecule has 0 saturated carbocycles. The van der Waals surface area contributed by atoms with Gasteiger partial charge in [-0.3, -0.25) is 9.89 Å². The van der Waals surface area contributed by atoms with Crippen LogP contribution in [-0.2, 0) is 16.0 Å². The zero-order chi connectivity index (χ0) is 10.8. The molecule has 1 aromatic carbocycles. The number of rotatable bonds is 2. The molecule has 0 radical (unpaired) electrons. The van der Waals surface area contributed by atoms with Crippen molar-refractivity contribution in [1.29, 1.82) is 0 Å². The number of nitrogens with one attached hydrogen (secondary N) is 1. The summed E-state index contributed by atoms with van der Waals surface area (Å²) in [5.41, 5.74) is 1.51. The zero-order valence-corrected chi connectivity index (χ0v) is 8.84. The second-order valence-electron chi connectivity index (χ2n) is 3.11. The molecule has 2 aromatic rings. The largest absolute Gasteiger partial charge is 0.469 e. The molecule has 4 nitrogen and oxygen atoms in total. The molecule has 0 spiro atoms. The minimum absolute atomic E-state index is 0.150. The molecule has 15 heavy (non-hydrogen) atoms. The van der Waals surface area contributed by atoms with E-state index >= 15 is 0 Å². The van der Waals surface area contributed by atoms with E-state index in [4.69, 9.17) is 11.6 Å². The highest BCUT2D eigenvalue weighted by atomic mass is 35.5. The van der Waals surface area contributed by atoms with Gasteiger partial charge in [0.15, 0.2) is 0 Å². The van der Waals surface area contributed by atoms with Crippen molar-refractivity contribution in [2.24, 2.45) is 0 Å². The van der Waals surface area contributed by atoms with Gasteiger partial charge in [-0.15, -0.1) is 0 Å². The van der Waals surface area contributed by atoms with Crippen LogP contribution in [0, 0.1) is 0 Å². The Morgan fingerprint density at radius 2 is 2.40 bits per heavy atom. The minimum Gasteiger partial charge on any atom is -0.469 e. The van der Waals surface area contributed by atoms with Crippen LogP contribution in [0.25, 0.3) is 10.9 Å². The number of fused-ring (bicyclic) bond motifs is 1. The van der Waals surface area contributed by atoms with Crippen molar-refractivity contribution in [3.63, 3.8) is 0 Å². The fourth-order valence-corrected chi connectivity index (χ4v) is 1.56. The lowest BCUT2D eigenvalue weighted by atomic mass is 10.2. The smallest absolute Gasteiger partial charge is 0.311 e. The molecule has 1 aromatic heterocycles. The number of ether oxygens (including phenoxy) is 1. The topological polar surface area (TPSA) is 55.0 Å². The summed E-state index contributed by atoms with van der Waals surface area (Å²) >= 11 is 5.86. The first-order chi connectivity index (χ1) is 7.20. The van der Waals surface area contributed by atoms with Gasteiger partial charge in [-0.25, -0.2) is 0 Å². The maximum atomic E-state index is 11.1. The first-order valence-electron chi connectivity index (χ1n) is 4.40. The van der Waals surface area contributed by atoms with E-state index in [1.165, 1.54) is 7.11 Å². The maximum absolute atomic E-state index is 11.1. The van der Waals surface area contributed by atoms with Crippen molar-refractivity contribution in [3.05, 3.63) is 28.9 Å². The summed E-state index contributed by atoms with van der Waals surface area (Å²) in [6.45, 7) is 0. The van der Waals surface area contributed by atoms with E-state index in [9.17, 15) is 4.79 Å². The molecule has 1 heterocycles. The molecule has 5 heteroatoms. The number of aromatic nitrogens is 2. The molecule has 1 N–H and O–H groups in total. The monoisotopic (exact) mass is 224 g/mol. The van der Waals surface area contributed by atoms with Crippen molar-refractivity contribution in [2.45, 2.75) is 6.42 Å². The number of halogens is 1. The van der Waals surface area contributed by atoms with Crippen molar-refractivity contribution in [1.82, 2.24) is 10.2 Å². The fourth-order valence-electron chi connectivity index (χ4n) is 1.38. The van der Waals surface area contributed by atoms with Crippen LogP contribution in [0.2, 0.25) is 5.02 Å². The summed E-state index contributed by atoms with van der Waals surface area (Å²) in [5, 5.41) is 8.34. The second-order valence-corrected chi connectivity index (χ2v) is 3.55. The van der Waals surface area contributed by atoms with E-state index in [0.717, 1.165) is 10.9 Å². The molecule has 0 fully saturated rings. The summed E-state index contributed by atoms with van der Waals surface area (Å²) in [5.74, 6) is -0.316. The van der Waals surface area contributed by atoms with Crippen LogP contribution in [-0.4, -0.2) is 23.3 Å². The highest BCUT2D eigenvalue weighted by Crippen LogP contribution is 2.20. The molecule has 0 amide bonds. The number of aromatic amines is 1. The number of hydrogen-bond donors (Lipinski definition) is 1. The summed E-state index contributed by atoms with van der Waals surface area (Å²) < 4.78 is 4.58. The average molecular weight is 225 g/mol. The molecule has 0 atom stereocenters. The lowest BCUT2D eigenvalue weighted by molar-refractivity contribution is -0.139. The third kappa shape index (κ3) is 1.94. The third-order valence-corrected chi connectivity index (χ3v) is 2.38. The molecule has 0 aliphatic carbocycles. The highest BCUT2D eigenvalue weighted by Gasteiger charge is 2.10. The molecular weight excluding hydrogens is 216 g/mol. The molecule has 0 bridgehead atoms. The van der Waals surface area contributed by atoms with E-state index in [2.05, 4.69) is 14.9 Å². The van der Waals surface area contributed by atoms with Crippen LogP contribution in [0.4, 0.5) is 0 Å². The van der Waals surface area contributed by atoms with Crippen LogP contribution in [0.15, 0.2) is 18.2 Å². The summed E-state index contributed by atoms with van der Waals surface area (Å²) in [6, 6.07) is 5.37. The lowest BCUT2D eigenvalue weighted by Gasteiger charge is -1.96. The number of carbonyl (C=O) groups excluding carboxylic acids is 1. The minimum atomic E-state index is -0.316. The van der Waals surface area contributed by atoms with Crippen LogP contribution < -0.4 is 0 Å². The highest BCUT2D eigenvalue weighted by molar-refractivity contribution is 6.31. The van der Waals surface area contributed by atoms with Gasteiger partial charge in [-0.05, 0) is 18.2 Å². The molecule has 0 aliphatic rings.